The highest BCUT2D eigenvalue weighted by Crippen LogP contribution is 2.43. The maximum atomic E-state index is 12.5. The molecule has 1 aromatic heterocycles. The van der Waals surface area contributed by atoms with E-state index >= 15 is 0 Å². The first kappa shape index (κ1) is 14.8. The predicted octanol–water partition coefficient (Wildman–Crippen LogP) is 3.68. The molecular weight excluding hydrogens is 304 g/mol. The van der Waals surface area contributed by atoms with Crippen molar-refractivity contribution in [1.82, 2.24) is 0 Å². The van der Waals surface area contributed by atoms with Gasteiger partial charge in [-0.1, -0.05) is 18.2 Å². The first-order valence-electron chi connectivity index (χ1n) is 8.12. The van der Waals surface area contributed by atoms with E-state index in [9.17, 15) is 9.59 Å². The van der Waals surface area contributed by atoms with Crippen LogP contribution in [0, 0.1) is 17.8 Å². The second-order valence-corrected chi connectivity index (χ2v) is 6.42. The molecule has 0 spiro atoms. The number of benzene rings is 1. The highest BCUT2D eigenvalue weighted by atomic mass is 16.3. The van der Waals surface area contributed by atoms with E-state index in [0.717, 1.165) is 12.8 Å². The van der Waals surface area contributed by atoms with E-state index in [-0.39, 0.29) is 17.7 Å². The summed E-state index contributed by atoms with van der Waals surface area (Å²) in [6.45, 7) is 0. The topological polar surface area (TPSA) is 71.3 Å². The Morgan fingerprint density at radius 3 is 2.54 bits per heavy atom. The van der Waals surface area contributed by atoms with Crippen LogP contribution in [0.1, 0.15) is 23.2 Å². The Labute approximate surface area is 139 Å². The summed E-state index contributed by atoms with van der Waals surface area (Å²) in [6, 6.07) is 8.78. The zero-order valence-electron chi connectivity index (χ0n) is 13.1. The molecule has 5 nitrogen and oxygen atoms in total. The van der Waals surface area contributed by atoms with E-state index in [4.69, 9.17) is 4.42 Å². The Morgan fingerprint density at radius 1 is 1.04 bits per heavy atom. The first-order valence-corrected chi connectivity index (χ1v) is 8.12. The molecule has 3 atom stereocenters. The molecule has 0 radical (unpaired) electrons. The lowest BCUT2D eigenvalue weighted by molar-refractivity contribution is -0.120. The normalized spacial score (nSPS) is 24.1. The molecule has 2 aliphatic rings. The molecule has 4 rings (SSSR count). The first-order chi connectivity index (χ1) is 11.7. The summed E-state index contributed by atoms with van der Waals surface area (Å²) >= 11 is 0. The van der Waals surface area contributed by atoms with Crippen LogP contribution >= 0.6 is 0 Å². The van der Waals surface area contributed by atoms with E-state index < -0.39 is 0 Å². The molecule has 0 saturated heterocycles. The van der Waals surface area contributed by atoms with Gasteiger partial charge < -0.3 is 15.1 Å². The molecule has 1 heterocycles. The molecule has 1 saturated carbocycles. The lowest BCUT2D eigenvalue weighted by Crippen LogP contribution is -2.25. The number of carbonyl (C=O) groups excluding carboxylic acids is 2. The standard InChI is InChI=1S/C19H18N2O3/c22-18(14-6-7-24-11-14)20-15-2-1-3-16(10-15)21-19(23)17-9-12-4-5-13(17)8-12/h1-7,10-13,17H,8-9H2,(H,20,22)(H,21,23)/t12-,13-,17+/m0/s1. The van der Waals surface area contributed by atoms with Gasteiger partial charge in [-0.3, -0.25) is 9.59 Å². The Kier molecular flexibility index (Phi) is 3.69. The summed E-state index contributed by atoms with van der Waals surface area (Å²) in [6.07, 6.45) is 9.27. The summed E-state index contributed by atoms with van der Waals surface area (Å²) in [5.74, 6) is 0.810. The molecule has 2 N–H and O–H groups in total. The summed E-state index contributed by atoms with van der Waals surface area (Å²) in [5.41, 5.74) is 1.78. The molecule has 2 amide bonds. The zero-order valence-corrected chi connectivity index (χ0v) is 13.1. The Bertz CT molecular complexity index is 795. The minimum atomic E-state index is -0.245. The third-order valence-corrected chi connectivity index (χ3v) is 4.79. The fourth-order valence-corrected chi connectivity index (χ4v) is 3.59. The maximum absolute atomic E-state index is 12.5. The predicted molar refractivity (Wildman–Crippen MR) is 90.6 cm³/mol. The summed E-state index contributed by atoms with van der Waals surface area (Å²) in [5, 5.41) is 5.77. The molecule has 0 aliphatic heterocycles. The number of hydrogen-bond donors (Lipinski definition) is 2. The monoisotopic (exact) mass is 322 g/mol. The van der Waals surface area contributed by atoms with Crippen molar-refractivity contribution in [3.63, 3.8) is 0 Å². The maximum Gasteiger partial charge on any atom is 0.258 e. The van der Waals surface area contributed by atoms with Gasteiger partial charge in [-0.25, -0.2) is 0 Å². The van der Waals surface area contributed by atoms with Crippen molar-refractivity contribution < 1.29 is 14.0 Å². The van der Waals surface area contributed by atoms with Crippen molar-refractivity contribution in [3.8, 4) is 0 Å². The van der Waals surface area contributed by atoms with Crippen LogP contribution in [-0.4, -0.2) is 11.8 Å². The number of furan rings is 1. The van der Waals surface area contributed by atoms with Crippen molar-refractivity contribution >= 4 is 23.2 Å². The molecule has 1 fully saturated rings. The molecule has 2 aliphatic carbocycles. The van der Waals surface area contributed by atoms with E-state index in [2.05, 4.69) is 22.8 Å². The van der Waals surface area contributed by atoms with Crippen molar-refractivity contribution in [1.29, 1.82) is 0 Å². The highest BCUT2D eigenvalue weighted by molar-refractivity contribution is 6.04. The average molecular weight is 322 g/mol. The second kappa shape index (κ2) is 6.00. The van der Waals surface area contributed by atoms with Gasteiger partial charge in [-0.15, -0.1) is 0 Å². The van der Waals surface area contributed by atoms with Gasteiger partial charge in [-0.2, -0.15) is 0 Å². The fraction of sp³-hybridized carbons (Fsp3) is 0.263. The van der Waals surface area contributed by atoms with Crippen LogP contribution in [-0.2, 0) is 4.79 Å². The van der Waals surface area contributed by atoms with Crippen LogP contribution in [0.5, 0.6) is 0 Å². The van der Waals surface area contributed by atoms with Gasteiger partial charge in [0.15, 0.2) is 0 Å². The van der Waals surface area contributed by atoms with E-state index in [0.29, 0.717) is 28.8 Å². The lowest BCUT2D eigenvalue weighted by atomic mass is 9.93. The number of anilines is 2. The summed E-state index contributed by atoms with van der Waals surface area (Å²) in [7, 11) is 0. The minimum Gasteiger partial charge on any atom is -0.472 e. The number of fused-ring (bicyclic) bond motifs is 2. The molecular formula is C19H18N2O3. The molecule has 24 heavy (non-hydrogen) atoms. The van der Waals surface area contributed by atoms with E-state index in [1.54, 1.807) is 24.3 Å². The largest absolute Gasteiger partial charge is 0.472 e. The number of nitrogens with one attached hydrogen (secondary N) is 2. The van der Waals surface area contributed by atoms with Gasteiger partial charge in [0.05, 0.1) is 11.8 Å². The lowest BCUT2D eigenvalue weighted by Gasteiger charge is -2.17. The van der Waals surface area contributed by atoms with E-state index in [1.165, 1.54) is 12.5 Å². The van der Waals surface area contributed by atoms with Gasteiger partial charge in [0.1, 0.15) is 6.26 Å². The second-order valence-electron chi connectivity index (χ2n) is 6.42. The van der Waals surface area contributed by atoms with Gasteiger partial charge in [0.25, 0.3) is 5.91 Å². The van der Waals surface area contributed by atoms with E-state index in [1.807, 2.05) is 6.07 Å². The Morgan fingerprint density at radius 2 is 1.88 bits per heavy atom. The zero-order chi connectivity index (χ0) is 16.5. The molecule has 5 heteroatoms. The van der Waals surface area contributed by atoms with Crippen LogP contribution in [0.15, 0.2) is 59.4 Å². The average Bonchev–Trinajstić information content (AvgIpc) is 3.32. The van der Waals surface area contributed by atoms with Gasteiger partial charge in [-0.05, 0) is 48.9 Å². The fourth-order valence-electron chi connectivity index (χ4n) is 3.59. The van der Waals surface area contributed by atoms with Crippen molar-refractivity contribution in [2.24, 2.45) is 17.8 Å². The van der Waals surface area contributed by atoms with Gasteiger partial charge in [0, 0.05) is 17.3 Å². The number of allylic oxidation sites excluding steroid dienone is 2. The molecule has 122 valence electrons. The van der Waals surface area contributed by atoms with Crippen LogP contribution in [0.4, 0.5) is 11.4 Å². The third kappa shape index (κ3) is 2.85. The molecule has 2 aromatic rings. The molecule has 2 bridgehead atoms. The highest BCUT2D eigenvalue weighted by Gasteiger charge is 2.39. The van der Waals surface area contributed by atoms with Crippen molar-refractivity contribution in [2.75, 3.05) is 10.6 Å². The number of rotatable bonds is 4. The van der Waals surface area contributed by atoms with Crippen LogP contribution in [0.3, 0.4) is 0 Å². The smallest absolute Gasteiger partial charge is 0.258 e. The Balaban J connectivity index is 1.42. The summed E-state index contributed by atoms with van der Waals surface area (Å²) in [4.78, 5) is 24.5. The third-order valence-electron chi connectivity index (χ3n) is 4.79. The molecule has 0 unspecified atom stereocenters. The van der Waals surface area contributed by atoms with Crippen LogP contribution in [0.2, 0.25) is 0 Å². The summed E-state index contributed by atoms with van der Waals surface area (Å²) < 4.78 is 4.91. The SMILES string of the molecule is O=C(Nc1cccc(NC(=O)[C@@H]2C[C@H]3C=C[C@H]2C3)c1)c1ccoc1. The molecule has 1 aromatic carbocycles. The van der Waals surface area contributed by atoms with Gasteiger partial charge >= 0.3 is 0 Å². The quantitative estimate of drug-likeness (QED) is 0.843. The number of amides is 2. The Hall–Kier alpha value is -2.82. The number of carbonyl (C=O) groups is 2. The van der Waals surface area contributed by atoms with Gasteiger partial charge in [0.2, 0.25) is 5.91 Å². The van der Waals surface area contributed by atoms with Crippen LogP contribution < -0.4 is 10.6 Å². The van der Waals surface area contributed by atoms with Crippen LogP contribution in [0.25, 0.3) is 0 Å². The minimum absolute atomic E-state index is 0.0594. The van der Waals surface area contributed by atoms with Crippen molar-refractivity contribution in [2.45, 2.75) is 12.8 Å². The number of hydrogen-bond acceptors (Lipinski definition) is 3. The van der Waals surface area contributed by atoms with Crippen molar-refractivity contribution in [3.05, 3.63) is 60.6 Å².